The number of benzene rings is 8. The molecular formula is C48H37NS. The first-order valence-corrected chi connectivity index (χ1v) is 18.2. The van der Waals surface area contributed by atoms with Crippen LogP contribution in [0.25, 0.3) is 52.8 Å². The number of aryl methyl sites for hydroxylation is 1. The van der Waals surface area contributed by atoms with Crippen molar-refractivity contribution in [3.8, 4) is 11.1 Å². The van der Waals surface area contributed by atoms with Gasteiger partial charge in [-0.15, -0.1) is 11.3 Å². The van der Waals surface area contributed by atoms with E-state index in [1.165, 1.54) is 80.9 Å². The number of thiophene rings is 1. The second-order valence-corrected chi connectivity index (χ2v) is 14.9. The summed E-state index contributed by atoms with van der Waals surface area (Å²) in [4.78, 5) is 2.48. The molecule has 0 N–H and O–H groups in total. The fourth-order valence-corrected chi connectivity index (χ4v) is 9.06. The van der Waals surface area contributed by atoms with Crippen LogP contribution in [0.4, 0.5) is 17.1 Å². The van der Waals surface area contributed by atoms with Crippen LogP contribution in [-0.2, 0) is 5.41 Å². The number of fused-ring (bicyclic) bond motifs is 6. The van der Waals surface area contributed by atoms with Crippen molar-refractivity contribution in [3.05, 3.63) is 187 Å². The molecule has 0 fully saturated rings. The number of hydrogen-bond acceptors (Lipinski definition) is 2. The first-order chi connectivity index (χ1) is 24.5. The van der Waals surface area contributed by atoms with E-state index in [1.807, 2.05) is 11.3 Å². The molecule has 1 nitrogen and oxygen atoms in total. The predicted molar refractivity (Wildman–Crippen MR) is 218 cm³/mol. The molecule has 0 bridgehead atoms. The molecule has 0 atom stereocenters. The molecule has 0 aliphatic carbocycles. The average Bonchev–Trinajstić information content (AvgIpc) is 3.55. The number of rotatable bonds is 6. The summed E-state index contributed by atoms with van der Waals surface area (Å²) in [5, 5.41) is 7.61. The lowest BCUT2D eigenvalue weighted by Gasteiger charge is -2.29. The Labute approximate surface area is 297 Å². The van der Waals surface area contributed by atoms with Gasteiger partial charge < -0.3 is 4.90 Å². The maximum Gasteiger partial charge on any atom is 0.0640 e. The maximum atomic E-state index is 2.48. The second-order valence-electron chi connectivity index (χ2n) is 13.8. The van der Waals surface area contributed by atoms with Gasteiger partial charge in [0.2, 0.25) is 0 Å². The van der Waals surface area contributed by atoms with Crippen molar-refractivity contribution in [2.24, 2.45) is 0 Å². The zero-order chi connectivity index (χ0) is 33.8. The SMILES string of the molecule is Cc1ccccc1C(C)(C)c1cccc(-c2ccc(N(c3cc4ccccc4c4ccccc34)c3cccc4c3sc3ccccc34)cc2)c1. The van der Waals surface area contributed by atoms with Gasteiger partial charge in [-0.05, 0) is 81.2 Å². The van der Waals surface area contributed by atoms with Crippen molar-refractivity contribution in [3.63, 3.8) is 0 Å². The molecule has 1 aromatic heterocycles. The Morgan fingerprint density at radius 2 is 1.14 bits per heavy atom. The normalized spacial score (nSPS) is 11.9. The first kappa shape index (κ1) is 30.4. The van der Waals surface area contributed by atoms with E-state index in [9.17, 15) is 0 Å². The molecule has 0 amide bonds. The van der Waals surface area contributed by atoms with Crippen LogP contribution < -0.4 is 4.90 Å². The first-order valence-electron chi connectivity index (χ1n) is 17.4. The molecule has 0 radical (unpaired) electrons. The summed E-state index contributed by atoms with van der Waals surface area (Å²) in [6.45, 7) is 6.87. The van der Waals surface area contributed by atoms with Gasteiger partial charge in [0.05, 0.1) is 16.1 Å². The Morgan fingerprint density at radius 3 is 1.96 bits per heavy atom. The molecule has 0 spiro atoms. The molecule has 9 aromatic rings. The van der Waals surface area contributed by atoms with E-state index in [4.69, 9.17) is 0 Å². The van der Waals surface area contributed by atoms with Gasteiger partial charge in [-0.3, -0.25) is 0 Å². The molecule has 1 heterocycles. The molecule has 9 rings (SSSR count). The third kappa shape index (κ3) is 4.99. The zero-order valence-corrected chi connectivity index (χ0v) is 29.3. The van der Waals surface area contributed by atoms with Crippen LogP contribution >= 0.6 is 11.3 Å². The van der Waals surface area contributed by atoms with Gasteiger partial charge in [0.1, 0.15) is 0 Å². The van der Waals surface area contributed by atoms with E-state index in [-0.39, 0.29) is 5.41 Å². The lowest BCUT2D eigenvalue weighted by Crippen LogP contribution is -2.20. The third-order valence-electron chi connectivity index (χ3n) is 10.5. The van der Waals surface area contributed by atoms with Crippen molar-refractivity contribution in [1.82, 2.24) is 0 Å². The Bertz CT molecular complexity index is 2700. The minimum absolute atomic E-state index is 0.113. The van der Waals surface area contributed by atoms with Crippen molar-refractivity contribution in [2.45, 2.75) is 26.2 Å². The molecule has 0 saturated carbocycles. The summed E-state index contributed by atoms with van der Waals surface area (Å²) in [6.07, 6.45) is 0. The van der Waals surface area contributed by atoms with Gasteiger partial charge in [0.15, 0.2) is 0 Å². The van der Waals surface area contributed by atoms with Crippen LogP contribution in [0.5, 0.6) is 0 Å². The van der Waals surface area contributed by atoms with Gasteiger partial charge in [-0.25, -0.2) is 0 Å². The van der Waals surface area contributed by atoms with Gasteiger partial charge in [-0.1, -0.05) is 153 Å². The molecule has 0 unspecified atom stereocenters. The molecular weight excluding hydrogens is 623 g/mol. The minimum Gasteiger partial charge on any atom is -0.308 e. The van der Waals surface area contributed by atoms with E-state index >= 15 is 0 Å². The predicted octanol–water partition coefficient (Wildman–Crippen LogP) is 14.1. The standard InChI is InChI=1S/C48H37NS/c1-32-14-4-10-23-43(32)48(2,3)36-17-12-16-34(30-36)33-26-28-37(29-27-33)49(44-24-13-22-42-41-21-9-11-25-46(41)50-47(42)44)45-31-35-15-5-6-18-38(35)39-19-7-8-20-40(39)45/h4-31H,1-3H3. The highest BCUT2D eigenvalue weighted by atomic mass is 32.1. The molecule has 50 heavy (non-hydrogen) atoms. The molecule has 240 valence electrons. The summed E-state index contributed by atoms with van der Waals surface area (Å²) in [5.41, 5.74) is 9.83. The minimum atomic E-state index is -0.113. The van der Waals surface area contributed by atoms with Crippen LogP contribution in [0.3, 0.4) is 0 Å². The average molecular weight is 660 g/mol. The topological polar surface area (TPSA) is 3.24 Å². The Balaban J connectivity index is 1.22. The lowest BCUT2D eigenvalue weighted by atomic mass is 9.75. The van der Waals surface area contributed by atoms with Crippen molar-refractivity contribution in [2.75, 3.05) is 4.90 Å². The molecule has 0 aliphatic rings. The fourth-order valence-electron chi connectivity index (χ4n) is 7.86. The summed E-state index contributed by atoms with van der Waals surface area (Å²) >= 11 is 1.88. The molecule has 2 heteroatoms. The molecule has 0 aliphatic heterocycles. The van der Waals surface area contributed by atoms with Crippen LogP contribution in [0.15, 0.2) is 170 Å². The quantitative estimate of drug-likeness (QED) is 0.161. The van der Waals surface area contributed by atoms with Crippen LogP contribution in [0.1, 0.15) is 30.5 Å². The van der Waals surface area contributed by atoms with E-state index in [0.717, 1.165) is 5.69 Å². The van der Waals surface area contributed by atoms with Gasteiger partial charge in [0.25, 0.3) is 0 Å². The highest BCUT2D eigenvalue weighted by Crippen LogP contribution is 2.47. The Morgan fingerprint density at radius 1 is 0.480 bits per heavy atom. The fraction of sp³-hybridized carbons (Fsp3) is 0.0833. The zero-order valence-electron chi connectivity index (χ0n) is 28.5. The summed E-state index contributed by atoms with van der Waals surface area (Å²) in [5.74, 6) is 0. The highest BCUT2D eigenvalue weighted by molar-refractivity contribution is 7.26. The largest absolute Gasteiger partial charge is 0.308 e. The second kappa shape index (κ2) is 12.0. The maximum absolute atomic E-state index is 2.48. The van der Waals surface area contributed by atoms with Gasteiger partial charge >= 0.3 is 0 Å². The van der Waals surface area contributed by atoms with Crippen LogP contribution in [0, 0.1) is 6.92 Å². The highest BCUT2D eigenvalue weighted by Gasteiger charge is 2.25. The number of nitrogens with zero attached hydrogens (tertiary/aromatic N) is 1. The smallest absolute Gasteiger partial charge is 0.0640 e. The summed E-state index contributed by atoms with van der Waals surface area (Å²) in [7, 11) is 0. The van der Waals surface area contributed by atoms with E-state index in [0.29, 0.717) is 0 Å². The van der Waals surface area contributed by atoms with Crippen molar-refractivity contribution >= 4 is 70.1 Å². The van der Waals surface area contributed by atoms with Crippen LogP contribution in [0.2, 0.25) is 0 Å². The Hall–Kier alpha value is -5.70. The van der Waals surface area contributed by atoms with E-state index < -0.39 is 0 Å². The van der Waals surface area contributed by atoms with Crippen molar-refractivity contribution < 1.29 is 0 Å². The monoisotopic (exact) mass is 659 g/mol. The van der Waals surface area contributed by atoms with E-state index in [1.54, 1.807) is 0 Å². The van der Waals surface area contributed by atoms with Crippen LogP contribution in [-0.4, -0.2) is 0 Å². The number of anilines is 3. The summed E-state index contributed by atoms with van der Waals surface area (Å²) in [6, 6.07) is 62.5. The Kier molecular flexibility index (Phi) is 7.30. The molecule has 8 aromatic carbocycles. The van der Waals surface area contributed by atoms with E-state index in [2.05, 4.69) is 196 Å². The van der Waals surface area contributed by atoms with Gasteiger partial charge in [0, 0.05) is 32.0 Å². The van der Waals surface area contributed by atoms with Gasteiger partial charge in [-0.2, -0.15) is 0 Å². The third-order valence-corrected chi connectivity index (χ3v) is 11.7. The van der Waals surface area contributed by atoms with Crippen molar-refractivity contribution in [1.29, 1.82) is 0 Å². The lowest BCUT2D eigenvalue weighted by molar-refractivity contribution is 0.636. The molecule has 0 saturated heterocycles. The number of hydrogen-bond donors (Lipinski definition) is 0. The summed E-state index contributed by atoms with van der Waals surface area (Å²) < 4.78 is 2.60.